The summed E-state index contributed by atoms with van der Waals surface area (Å²) in [6.45, 7) is 4.08. The number of ketones is 1. The number of Topliss-reactive ketones (excluding diaryl/α,β-unsaturated/α-hetero) is 1. The van der Waals surface area contributed by atoms with Crippen molar-refractivity contribution in [2.75, 3.05) is 13.1 Å². The molecule has 0 radical (unpaired) electrons. The predicted molar refractivity (Wildman–Crippen MR) is 79.9 cm³/mol. The number of nitrogens with one attached hydrogen (secondary N) is 2. The molecular formula is C16H22F3N2O2+. The number of halogens is 3. The van der Waals surface area contributed by atoms with Gasteiger partial charge in [0.25, 0.3) is 5.56 Å². The van der Waals surface area contributed by atoms with Gasteiger partial charge in [-0.3, -0.25) is 9.59 Å². The van der Waals surface area contributed by atoms with Crippen LogP contribution < -0.4 is 10.5 Å². The lowest BCUT2D eigenvalue weighted by molar-refractivity contribution is -0.941. The average molecular weight is 331 g/mol. The van der Waals surface area contributed by atoms with Crippen molar-refractivity contribution < 1.29 is 22.9 Å². The Bertz CT molecular complexity index is 631. The molecule has 1 aliphatic rings. The Morgan fingerprint density at radius 3 is 2.39 bits per heavy atom. The molecule has 128 valence electrons. The van der Waals surface area contributed by atoms with Crippen LogP contribution in [0.2, 0.25) is 0 Å². The summed E-state index contributed by atoms with van der Waals surface area (Å²) in [7, 11) is 0. The third-order valence-corrected chi connectivity index (χ3v) is 4.42. The highest BCUT2D eigenvalue weighted by Gasteiger charge is 2.48. The number of H-pyrrole nitrogens is 1. The summed E-state index contributed by atoms with van der Waals surface area (Å²) in [5.41, 5.74) is 0.243. The van der Waals surface area contributed by atoms with Crippen LogP contribution in [-0.2, 0) is 0 Å². The lowest BCUT2D eigenvalue weighted by Crippen LogP contribution is -3.18. The Hall–Kier alpha value is -1.63. The van der Waals surface area contributed by atoms with Gasteiger partial charge in [0.05, 0.1) is 25.1 Å². The van der Waals surface area contributed by atoms with Crippen LogP contribution >= 0.6 is 0 Å². The number of piperidine rings is 1. The van der Waals surface area contributed by atoms with Gasteiger partial charge >= 0.3 is 6.18 Å². The van der Waals surface area contributed by atoms with Crippen molar-refractivity contribution in [3.8, 4) is 0 Å². The van der Waals surface area contributed by atoms with E-state index in [0.717, 1.165) is 19.3 Å². The third kappa shape index (κ3) is 4.22. The van der Waals surface area contributed by atoms with Crippen LogP contribution in [-0.4, -0.2) is 36.1 Å². The first kappa shape index (κ1) is 17.7. The van der Waals surface area contributed by atoms with Crippen LogP contribution in [0.1, 0.15) is 47.3 Å². The van der Waals surface area contributed by atoms with Crippen LogP contribution in [0, 0.1) is 13.8 Å². The number of hydrogen-bond donors (Lipinski definition) is 2. The molecule has 0 aliphatic carbocycles. The summed E-state index contributed by atoms with van der Waals surface area (Å²) in [6, 6.07) is -0.138. The Morgan fingerprint density at radius 2 is 1.87 bits per heavy atom. The van der Waals surface area contributed by atoms with E-state index >= 15 is 0 Å². The fourth-order valence-corrected chi connectivity index (χ4v) is 3.33. The molecule has 1 aliphatic heterocycles. The second-order valence-electron chi connectivity index (χ2n) is 6.28. The van der Waals surface area contributed by atoms with Crippen molar-refractivity contribution in [2.45, 2.75) is 51.7 Å². The second-order valence-corrected chi connectivity index (χ2v) is 6.28. The minimum absolute atomic E-state index is 0.152. The van der Waals surface area contributed by atoms with E-state index in [0.29, 0.717) is 29.2 Å². The Kier molecular flexibility index (Phi) is 5.29. The molecule has 2 N–H and O–H groups in total. The van der Waals surface area contributed by atoms with E-state index in [4.69, 9.17) is 0 Å². The molecule has 2 heterocycles. The zero-order chi connectivity index (χ0) is 17.2. The smallest absolute Gasteiger partial charge is 0.326 e. The molecule has 1 saturated heterocycles. The Morgan fingerprint density at radius 1 is 1.26 bits per heavy atom. The number of hydrogen-bond acceptors (Lipinski definition) is 2. The molecule has 1 aromatic rings. The molecule has 0 bridgehead atoms. The van der Waals surface area contributed by atoms with Crippen molar-refractivity contribution in [1.29, 1.82) is 0 Å². The number of aromatic amines is 1. The highest BCUT2D eigenvalue weighted by molar-refractivity contribution is 5.97. The molecule has 23 heavy (non-hydrogen) atoms. The van der Waals surface area contributed by atoms with E-state index in [-0.39, 0.29) is 5.56 Å². The number of rotatable bonds is 4. The van der Waals surface area contributed by atoms with Gasteiger partial charge in [0.1, 0.15) is 0 Å². The summed E-state index contributed by atoms with van der Waals surface area (Å²) in [4.78, 5) is 27.2. The number of pyridine rings is 1. The standard InChI is InChI=1S/C16H21F3N2O2/c1-10-8-11(2)20-15(23)14(10)12(22)9-13(16(17,18)19)21-6-4-3-5-7-21/h8,13H,3-7,9H2,1-2H3,(H,20,23)/p+1/t13-/m0/s1. The molecule has 0 aromatic carbocycles. The minimum Gasteiger partial charge on any atom is -0.326 e. The van der Waals surface area contributed by atoms with Gasteiger partial charge in [0.15, 0.2) is 11.8 Å². The number of likely N-dealkylation sites (tertiary alicyclic amines) is 1. The average Bonchev–Trinajstić information content (AvgIpc) is 2.43. The van der Waals surface area contributed by atoms with Crippen LogP contribution in [0.5, 0.6) is 0 Å². The summed E-state index contributed by atoms with van der Waals surface area (Å²) in [6.07, 6.45) is -2.72. The first-order chi connectivity index (χ1) is 10.7. The Balaban J connectivity index is 2.26. The number of alkyl halides is 3. The number of carbonyl (C=O) groups is 1. The third-order valence-electron chi connectivity index (χ3n) is 4.42. The van der Waals surface area contributed by atoms with Crippen LogP contribution in [0.4, 0.5) is 13.2 Å². The van der Waals surface area contributed by atoms with E-state index in [2.05, 4.69) is 4.98 Å². The molecule has 0 saturated carbocycles. The largest absolute Gasteiger partial charge is 0.441 e. The van der Waals surface area contributed by atoms with E-state index < -0.39 is 30.0 Å². The molecule has 4 nitrogen and oxygen atoms in total. The molecule has 1 atom stereocenters. The van der Waals surface area contributed by atoms with Crippen molar-refractivity contribution in [2.24, 2.45) is 0 Å². The van der Waals surface area contributed by atoms with Gasteiger partial charge in [-0.15, -0.1) is 0 Å². The van der Waals surface area contributed by atoms with Gasteiger partial charge in [-0.2, -0.15) is 13.2 Å². The number of aryl methyl sites for hydroxylation is 2. The molecular weight excluding hydrogens is 309 g/mol. The lowest BCUT2D eigenvalue weighted by atomic mass is 9.98. The highest BCUT2D eigenvalue weighted by atomic mass is 19.4. The summed E-state index contributed by atoms with van der Waals surface area (Å²) in [5, 5.41) is 0. The maximum absolute atomic E-state index is 13.4. The lowest BCUT2D eigenvalue weighted by Gasteiger charge is -2.32. The van der Waals surface area contributed by atoms with Gasteiger partial charge in [0.2, 0.25) is 0 Å². The van der Waals surface area contributed by atoms with E-state index in [9.17, 15) is 22.8 Å². The normalized spacial score (nSPS) is 18.0. The zero-order valence-electron chi connectivity index (χ0n) is 13.3. The van der Waals surface area contributed by atoms with Gasteiger partial charge < -0.3 is 9.88 Å². The van der Waals surface area contributed by atoms with Crippen LogP contribution in [0.3, 0.4) is 0 Å². The molecule has 0 unspecified atom stereocenters. The Labute approximate surface area is 132 Å². The van der Waals surface area contributed by atoms with E-state index in [1.807, 2.05) is 0 Å². The summed E-state index contributed by atoms with van der Waals surface area (Å²) in [5.74, 6) is -0.732. The van der Waals surface area contributed by atoms with E-state index in [1.54, 1.807) is 19.9 Å². The fraction of sp³-hybridized carbons (Fsp3) is 0.625. The number of quaternary nitrogens is 1. The van der Waals surface area contributed by atoms with Crippen LogP contribution in [0.15, 0.2) is 10.9 Å². The molecule has 0 spiro atoms. The summed E-state index contributed by atoms with van der Waals surface area (Å²) >= 11 is 0. The number of aromatic nitrogens is 1. The zero-order valence-corrected chi connectivity index (χ0v) is 13.3. The molecule has 2 rings (SSSR count). The maximum Gasteiger partial charge on any atom is 0.441 e. The SMILES string of the molecule is Cc1cc(C)c(C(=O)C[C@H]([NH+]2CCCCC2)C(F)(F)F)c(=O)[nH]1. The first-order valence-corrected chi connectivity index (χ1v) is 7.85. The van der Waals surface area contributed by atoms with Crippen molar-refractivity contribution in [3.63, 3.8) is 0 Å². The number of carbonyl (C=O) groups excluding carboxylic acids is 1. The highest BCUT2D eigenvalue weighted by Crippen LogP contribution is 2.23. The second kappa shape index (κ2) is 6.86. The minimum atomic E-state index is -4.45. The van der Waals surface area contributed by atoms with Gasteiger partial charge in [-0.25, -0.2) is 0 Å². The molecule has 7 heteroatoms. The van der Waals surface area contributed by atoms with Crippen molar-refractivity contribution in [3.05, 3.63) is 33.2 Å². The van der Waals surface area contributed by atoms with Gasteiger partial charge in [-0.05, 0) is 44.7 Å². The summed E-state index contributed by atoms with van der Waals surface area (Å²) < 4.78 is 40.2. The molecule has 1 aromatic heterocycles. The fourth-order valence-electron chi connectivity index (χ4n) is 3.33. The van der Waals surface area contributed by atoms with Gasteiger partial charge in [-0.1, -0.05) is 0 Å². The monoisotopic (exact) mass is 331 g/mol. The first-order valence-electron chi connectivity index (χ1n) is 7.85. The van der Waals surface area contributed by atoms with E-state index in [1.165, 1.54) is 0 Å². The van der Waals surface area contributed by atoms with Crippen molar-refractivity contribution >= 4 is 5.78 Å². The predicted octanol–water partition coefficient (Wildman–Crippen LogP) is 1.56. The quantitative estimate of drug-likeness (QED) is 0.823. The van der Waals surface area contributed by atoms with Crippen molar-refractivity contribution in [1.82, 2.24) is 4.98 Å². The molecule has 1 fully saturated rings. The topological polar surface area (TPSA) is 54.4 Å². The molecule has 0 amide bonds. The van der Waals surface area contributed by atoms with Crippen LogP contribution in [0.25, 0.3) is 0 Å². The van der Waals surface area contributed by atoms with Gasteiger partial charge in [0, 0.05) is 5.69 Å². The maximum atomic E-state index is 13.4.